The van der Waals surface area contributed by atoms with Crippen molar-refractivity contribution in [1.29, 1.82) is 0 Å². The quantitative estimate of drug-likeness (QED) is 0.125. The van der Waals surface area contributed by atoms with Crippen molar-refractivity contribution in [1.82, 2.24) is 4.98 Å². The van der Waals surface area contributed by atoms with E-state index >= 15 is 0 Å². The summed E-state index contributed by atoms with van der Waals surface area (Å²) in [6.45, 7) is 1.88. The molecule has 0 aliphatic carbocycles. The zero-order valence-corrected chi connectivity index (χ0v) is 26.2. The molecule has 0 radical (unpaired) electrons. The number of carbonyl (C=O) groups is 2. The number of rotatable bonds is 12. The van der Waals surface area contributed by atoms with E-state index in [9.17, 15) is 18.0 Å². The number of benzene rings is 4. The molecule has 1 aromatic heterocycles. The molecule has 0 unspecified atom stereocenters. The normalized spacial score (nSPS) is 11.3. The average Bonchev–Trinajstić information content (AvgIpc) is 3.06. The van der Waals surface area contributed by atoms with Gasteiger partial charge in [0.15, 0.2) is 0 Å². The van der Waals surface area contributed by atoms with E-state index < -0.39 is 21.7 Å². The molecule has 46 heavy (non-hydrogen) atoms. The van der Waals surface area contributed by atoms with Crippen molar-refractivity contribution in [2.75, 3.05) is 24.4 Å². The Morgan fingerprint density at radius 1 is 0.913 bits per heavy atom. The maximum atomic E-state index is 14.0. The van der Waals surface area contributed by atoms with Gasteiger partial charge in [0.2, 0.25) is 9.84 Å². The van der Waals surface area contributed by atoms with Gasteiger partial charge in [-0.3, -0.25) is 14.6 Å². The van der Waals surface area contributed by atoms with Gasteiger partial charge in [-0.25, -0.2) is 8.42 Å². The van der Waals surface area contributed by atoms with E-state index in [4.69, 9.17) is 15.6 Å². The number of fused-ring (bicyclic) bond motifs is 1. The van der Waals surface area contributed by atoms with Gasteiger partial charge >= 0.3 is 0 Å². The number of aliphatic hydroxyl groups is 1. The summed E-state index contributed by atoms with van der Waals surface area (Å²) in [5, 5.41) is 15.4. The standard InChI is InChI=1S/C35H34N4O6S/c1-22-17-29(20-30-32(22)37-21-31(34(36)41)33(30)38-26-9-6-10-27(19-26)45-2)46(43,44)28-11-5-8-24(18-28)35(42)39-25-14-12-23(13-15-25)7-3-4-16-40/h5-6,8-15,17-21,40H,3-4,7,16H2,1-2H3,(H2,36,41)(H,37,38)(H,39,42). The minimum atomic E-state index is -4.12. The first-order chi connectivity index (χ1) is 22.1. The maximum Gasteiger partial charge on any atom is 0.255 e. The number of aromatic nitrogens is 1. The molecule has 0 atom stereocenters. The highest BCUT2D eigenvalue weighted by atomic mass is 32.2. The molecule has 1 heterocycles. The molecule has 0 saturated carbocycles. The fourth-order valence-corrected chi connectivity index (χ4v) is 6.53. The number of primary amides is 1. The number of nitrogens with two attached hydrogens (primary N) is 1. The molecule has 5 N–H and O–H groups in total. The minimum absolute atomic E-state index is 0.0380. The highest BCUT2D eigenvalue weighted by Gasteiger charge is 2.23. The third-order valence-corrected chi connectivity index (χ3v) is 9.27. The summed E-state index contributed by atoms with van der Waals surface area (Å²) in [6.07, 6.45) is 3.77. The predicted molar refractivity (Wildman–Crippen MR) is 178 cm³/mol. The summed E-state index contributed by atoms with van der Waals surface area (Å²) in [7, 11) is -2.58. The number of ether oxygens (including phenoxy) is 1. The van der Waals surface area contributed by atoms with Crippen molar-refractivity contribution in [3.05, 3.63) is 113 Å². The number of amides is 2. The molecule has 11 heteroatoms. The van der Waals surface area contributed by atoms with Crippen LogP contribution in [-0.4, -0.2) is 44.0 Å². The number of nitrogens with zero attached hydrogens (tertiary/aromatic N) is 1. The Balaban J connectivity index is 1.48. The van der Waals surface area contributed by atoms with E-state index in [-0.39, 0.29) is 27.5 Å². The number of carbonyl (C=O) groups excluding carboxylic acids is 2. The number of hydrogen-bond acceptors (Lipinski definition) is 8. The lowest BCUT2D eigenvalue weighted by atomic mass is 10.1. The van der Waals surface area contributed by atoms with E-state index in [0.29, 0.717) is 39.3 Å². The Labute approximate surface area is 267 Å². The lowest BCUT2D eigenvalue weighted by Gasteiger charge is -2.16. The maximum absolute atomic E-state index is 14.0. The Bertz CT molecular complexity index is 2030. The lowest BCUT2D eigenvalue weighted by Crippen LogP contribution is -2.15. The molecule has 0 spiro atoms. The van der Waals surface area contributed by atoms with E-state index in [1.54, 1.807) is 49.4 Å². The topological polar surface area (TPSA) is 161 Å². The SMILES string of the molecule is COc1cccc(Nc2c(C(N)=O)cnc3c(C)cc(S(=O)(=O)c4cccc(C(=O)Nc5ccc(CCCCO)cc5)c4)cc23)c1. The van der Waals surface area contributed by atoms with E-state index in [2.05, 4.69) is 15.6 Å². The van der Waals surface area contributed by atoms with Gasteiger partial charge in [-0.2, -0.15) is 0 Å². The Hall–Kier alpha value is -5.26. The van der Waals surface area contributed by atoms with E-state index in [0.717, 1.165) is 24.8 Å². The van der Waals surface area contributed by atoms with Crippen molar-refractivity contribution in [2.45, 2.75) is 36.0 Å². The van der Waals surface area contributed by atoms with Gasteiger partial charge in [-0.1, -0.05) is 24.3 Å². The molecule has 5 rings (SSSR count). The number of sulfone groups is 1. The van der Waals surface area contributed by atoms with Gasteiger partial charge in [-0.05, 0) is 91.9 Å². The molecule has 0 aliphatic rings. The summed E-state index contributed by atoms with van der Waals surface area (Å²) in [5.41, 5.74) is 9.56. The molecule has 2 amide bonds. The summed E-state index contributed by atoms with van der Waals surface area (Å²) in [6, 6.07) is 23.2. The van der Waals surface area contributed by atoms with Gasteiger partial charge in [0.1, 0.15) is 5.75 Å². The van der Waals surface area contributed by atoms with Crippen LogP contribution < -0.4 is 21.1 Å². The van der Waals surface area contributed by atoms with Crippen LogP contribution in [0.25, 0.3) is 10.9 Å². The Morgan fingerprint density at radius 2 is 1.67 bits per heavy atom. The molecule has 10 nitrogen and oxygen atoms in total. The molecule has 4 aromatic carbocycles. The molecular formula is C35H34N4O6S. The van der Waals surface area contributed by atoms with Crippen LogP contribution in [-0.2, 0) is 16.3 Å². The van der Waals surface area contributed by atoms with Crippen LogP contribution in [0.15, 0.2) is 101 Å². The molecule has 5 aromatic rings. The number of methoxy groups -OCH3 is 1. The first-order valence-corrected chi connectivity index (χ1v) is 16.1. The fourth-order valence-electron chi connectivity index (χ4n) is 5.11. The van der Waals surface area contributed by atoms with Crippen LogP contribution in [0.3, 0.4) is 0 Å². The third-order valence-electron chi connectivity index (χ3n) is 7.54. The third kappa shape index (κ3) is 7.01. The molecule has 0 fully saturated rings. The number of nitrogens with one attached hydrogen (secondary N) is 2. The Morgan fingerprint density at radius 3 is 2.39 bits per heavy atom. The first kappa shape index (κ1) is 32.1. The second-order valence-electron chi connectivity index (χ2n) is 10.8. The van der Waals surface area contributed by atoms with Gasteiger partial charge in [-0.15, -0.1) is 0 Å². The zero-order chi connectivity index (χ0) is 32.8. The van der Waals surface area contributed by atoms with Crippen molar-refractivity contribution in [3.8, 4) is 5.75 Å². The van der Waals surface area contributed by atoms with Crippen molar-refractivity contribution >= 4 is 49.6 Å². The van der Waals surface area contributed by atoms with Crippen LogP contribution in [0, 0.1) is 6.92 Å². The molecular weight excluding hydrogens is 604 g/mol. The molecule has 0 bridgehead atoms. The van der Waals surface area contributed by atoms with Crippen LogP contribution in [0.2, 0.25) is 0 Å². The highest BCUT2D eigenvalue weighted by molar-refractivity contribution is 7.91. The number of hydrogen-bond donors (Lipinski definition) is 4. The van der Waals surface area contributed by atoms with Crippen LogP contribution in [0.4, 0.5) is 17.1 Å². The van der Waals surface area contributed by atoms with Crippen molar-refractivity contribution < 1.29 is 27.9 Å². The minimum Gasteiger partial charge on any atom is -0.497 e. The van der Waals surface area contributed by atoms with E-state index in [1.165, 1.54) is 43.6 Å². The number of pyridine rings is 1. The predicted octanol–water partition coefficient (Wildman–Crippen LogP) is 5.79. The number of unbranched alkanes of at least 4 members (excludes halogenated alkanes) is 1. The highest BCUT2D eigenvalue weighted by Crippen LogP contribution is 2.35. The number of aliphatic hydroxyl groups excluding tert-OH is 1. The van der Waals surface area contributed by atoms with Crippen LogP contribution in [0.1, 0.15) is 44.7 Å². The summed E-state index contributed by atoms with van der Waals surface area (Å²) in [4.78, 5) is 29.8. The number of anilines is 3. The van der Waals surface area contributed by atoms with Gasteiger partial charge in [0, 0.05) is 41.2 Å². The second-order valence-corrected chi connectivity index (χ2v) is 12.7. The zero-order valence-electron chi connectivity index (χ0n) is 25.4. The molecule has 0 aliphatic heterocycles. The lowest BCUT2D eigenvalue weighted by molar-refractivity contribution is 0.0998. The monoisotopic (exact) mass is 638 g/mol. The fraction of sp³-hybridized carbons (Fsp3) is 0.171. The summed E-state index contributed by atoms with van der Waals surface area (Å²) < 4.78 is 33.3. The largest absolute Gasteiger partial charge is 0.497 e. The van der Waals surface area contributed by atoms with Crippen molar-refractivity contribution in [3.63, 3.8) is 0 Å². The first-order valence-electron chi connectivity index (χ1n) is 14.6. The summed E-state index contributed by atoms with van der Waals surface area (Å²) >= 11 is 0. The van der Waals surface area contributed by atoms with E-state index in [1.807, 2.05) is 12.1 Å². The van der Waals surface area contributed by atoms with Gasteiger partial charge < -0.3 is 26.2 Å². The molecule has 236 valence electrons. The Kier molecular flexibility index (Phi) is 9.64. The van der Waals surface area contributed by atoms with Crippen molar-refractivity contribution in [2.24, 2.45) is 5.73 Å². The second kappa shape index (κ2) is 13.8. The molecule has 0 saturated heterocycles. The van der Waals surface area contributed by atoms with Crippen LogP contribution in [0.5, 0.6) is 5.75 Å². The smallest absolute Gasteiger partial charge is 0.255 e. The number of aryl methyl sites for hydroxylation is 2. The van der Waals surface area contributed by atoms with Gasteiger partial charge in [0.25, 0.3) is 11.8 Å². The average molecular weight is 639 g/mol. The van der Waals surface area contributed by atoms with Crippen LogP contribution >= 0.6 is 0 Å². The van der Waals surface area contributed by atoms with Gasteiger partial charge in [0.05, 0.1) is 33.7 Å². The summed E-state index contributed by atoms with van der Waals surface area (Å²) in [5.74, 6) is -0.612.